The van der Waals surface area contributed by atoms with Crippen molar-refractivity contribution in [3.63, 3.8) is 0 Å². The fourth-order valence-electron chi connectivity index (χ4n) is 4.41. The summed E-state index contributed by atoms with van der Waals surface area (Å²) in [5.74, 6) is -7.50. The number of nitrogens with zero attached hydrogens (tertiary/aromatic N) is 1. The monoisotopic (exact) mass is 472 g/mol. The zero-order valence-corrected chi connectivity index (χ0v) is 20.4. The summed E-state index contributed by atoms with van der Waals surface area (Å²) in [7, 11) is 0. The molecule has 0 aliphatic heterocycles. The Morgan fingerprint density at radius 3 is 2.12 bits per heavy atom. The molecule has 0 spiro atoms. The van der Waals surface area contributed by atoms with Crippen LogP contribution in [0.4, 0.5) is 20.2 Å². The van der Waals surface area contributed by atoms with Gasteiger partial charge in [-0.25, -0.2) is 8.78 Å². The van der Waals surface area contributed by atoms with Gasteiger partial charge in [-0.3, -0.25) is 9.59 Å². The molecule has 2 aromatic rings. The first kappa shape index (κ1) is 25.7. The lowest BCUT2D eigenvalue weighted by molar-refractivity contribution is -0.140. The molecule has 0 bridgehead atoms. The Morgan fingerprint density at radius 2 is 1.62 bits per heavy atom. The molecule has 1 aliphatic carbocycles. The molecule has 7 heteroatoms. The van der Waals surface area contributed by atoms with Gasteiger partial charge in [0.2, 0.25) is 5.91 Å². The number of aliphatic carboxylic acids is 1. The molecular formula is C27H34F2N2O3. The average molecular weight is 473 g/mol. The molecule has 5 nitrogen and oxygen atoms in total. The molecule has 1 saturated carbocycles. The van der Waals surface area contributed by atoms with E-state index in [-0.39, 0.29) is 17.9 Å². The highest BCUT2D eigenvalue weighted by molar-refractivity contribution is 5.96. The largest absolute Gasteiger partial charge is 0.481 e. The second-order valence-corrected chi connectivity index (χ2v) is 10.1. The van der Waals surface area contributed by atoms with Crippen molar-refractivity contribution in [1.82, 2.24) is 0 Å². The topological polar surface area (TPSA) is 69.6 Å². The molecule has 34 heavy (non-hydrogen) atoms. The smallest absolute Gasteiger partial charge is 0.313 e. The van der Waals surface area contributed by atoms with Crippen LogP contribution in [-0.4, -0.2) is 36.0 Å². The quantitative estimate of drug-likeness (QED) is 0.464. The third-order valence-electron chi connectivity index (χ3n) is 5.97. The summed E-state index contributed by atoms with van der Waals surface area (Å²) in [6, 6.07) is 12.5. The number of alkyl halides is 2. The van der Waals surface area contributed by atoms with E-state index in [1.165, 1.54) is 6.07 Å². The second-order valence-electron chi connectivity index (χ2n) is 10.1. The number of rotatable bonds is 10. The molecule has 0 heterocycles. The van der Waals surface area contributed by atoms with Crippen LogP contribution in [0.3, 0.4) is 0 Å². The normalized spacial score (nSPS) is 18.7. The fraction of sp³-hybridized carbons (Fsp3) is 0.481. The van der Waals surface area contributed by atoms with Crippen LogP contribution in [0, 0.1) is 24.7 Å². The molecule has 2 atom stereocenters. The number of hydrogen-bond acceptors (Lipinski definition) is 3. The Hall–Kier alpha value is -2.96. The van der Waals surface area contributed by atoms with Gasteiger partial charge in [0.05, 0.1) is 23.7 Å². The molecule has 1 aliphatic rings. The zero-order chi connectivity index (χ0) is 25.2. The number of hydrogen-bond donors (Lipinski definition) is 2. The van der Waals surface area contributed by atoms with E-state index in [1.807, 2.05) is 31.2 Å². The van der Waals surface area contributed by atoms with Gasteiger partial charge in [0, 0.05) is 13.1 Å². The zero-order valence-electron chi connectivity index (χ0n) is 20.4. The first-order chi connectivity index (χ1) is 15.9. The maximum absolute atomic E-state index is 14.2. The number of carbonyl (C=O) groups is 2. The minimum atomic E-state index is -3.30. The minimum absolute atomic E-state index is 0.148. The summed E-state index contributed by atoms with van der Waals surface area (Å²) in [4.78, 5) is 26.4. The summed E-state index contributed by atoms with van der Waals surface area (Å²) in [5.41, 5.74) is 3.35. The van der Waals surface area contributed by atoms with Gasteiger partial charge in [0.15, 0.2) is 0 Å². The fourth-order valence-corrected chi connectivity index (χ4v) is 4.41. The maximum atomic E-state index is 14.2. The molecule has 184 valence electrons. The predicted octanol–water partition coefficient (Wildman–Crippen LogP) is 5.73. The summed E-state index contributed by atoms with van der Waals surface area (Å²) in [6.07, 6.45) is 0.148. The highest BCUT2D eigenvalue weighted by Crippen LogP contribution is 2.62. The van der Waals surface area contributed by atoms with Crippen LogP contribution in [0.15, 0.2) is 42.5 Å². The Balaban J connectivity index is 1.95. The number of halogens is 2. The van der Waals surface area contributed by atoms with Crippen LogP contribution in [0.5, 0.6) is 0 Å². The van der Waals surface area contributed by atoms with Crippen molar-refractivity contribution >= 4 is 23.3 Å². The molecule has 2 unspecified atom stereocenters. The number of nitrogens with one attached hydrogen (secondary N) is 1. The molecule has 1 amide bonds. The predicted molar refractivity (Wildman–Crippen MR) is 131 cm³/mol. The molecule has 2 N–H and O–H groups in total. The molecule has 0 radical (unpaired) electrons. The summed E-state index contributed by atoms with van der Waals surface area (Å²) in [6.45, 7) is 11.8. The van der Waals surface area contributed by atoms with E-state index in [4.69, 9.17) is 0 Å². The standard InChI is InChI=1S/C27H34F2N2O3/c1-16(2)14-31(15-17(3)4)22-11-10-20(24-25(26(33)34)27(24,28)29)13-21(22)30-23(32)12-19-8-6-18(5)7-9-19/h6-11,13,16-17,24-25H,12,14-15H2,1-5H3,(H,30,32)(H,33,34). The number of carboxylic acid groups (broad SMARTS) is 1. The second kappa shape index (κ2) is 10.1. The Bertz CT molecular complexity index is 1020. The van der Waals surface area contributed by atoms with E-state index in [0.717, 1.165) is 29.9 Å². The van der Waals surface area contributed by atoms with Crippen molar-refractivity contribution in [2.24, 2.45) is 17.8 Å². The van der Waals surface area contributed by atoms with E-state index in [1.54, 1.807) is 12.1 Å². The molecule has 3 rings (SSSR count). The molecular weight excluding hydrogens is 438 g/mol. The van der Waals surface area contributed by atoms with E-state index in [2.05, 4.69) is 37.9 Å². The average Bonchev–Trinajstić information content (AvgIpc) is 3.31. The third kappa shape index (κ3) is 5.93. The van der Waals surface area contributed by atoms with Gasteiger partial charge in [0.25, 0.3) is 5.92 Å². The Kier molecular flexibility index (Phi) is 7.64. The van der Waals surface area contributed by atoms with Gasteiger partial charge in [0.1, 0.15) is 5.92 Å². The highest BCUT2D eigenvalue weighted by atomic mass is 19.3. The van der Waals surface area contributed by atoms with Crippen LogP contribution < -0.4 is 10.2 Å². The number of anilines is 2. The summed E-state index contributed by atoms with van der Waals surface area (Å²) in [5, 5.41) is 12.1. The first-order valence-electron chi connectivity index (χ1n) is 11.7. The van der Waals surface area contributed by atoms with Crippen LogP contribution in [0.1, 0.15) is 50.3 Å². The van der Waals surface area contributed by atoms with Gasteiger partial charge < -0.3 is 15.3 Å². The Morgan fingerprint density at radius 1 is 1.03 bits per heavy atom. The molecule has 0 aromatic heterocycles. The molecule has 2 aromatic carbocycles. The van der Waals surface area contributed by atoms with Crippen LogP contribution in [-0.2, 0) is 16.0 Å². The van der Waals surface area contributed by atoms with E-state index in [0.29, 0.717) is 17.5 Å². The van der Waals surface area contributed by atoms with Crippen molar-refractivity contribution in [3.8, 4) is 0 Å². The Labute approximate surface area is 200 Å². The van der Waals surface area contributed by atoms with Crippen molar-refractivity contribution in [1.29, 1.82) is 0 Å². The van der Waals surface area contributed by atoms with E-state index in [9.17, 15) is 23.5 Å². The van der Waals surface area contributed by atoms with Crippen molar-refractivity contribution in [3.05, 3.63) is 59.2 Å². The number of carbonyl (C=O) groups excluding carboxylic acids is 1. The lowest BCUT2D eigenvalue weighted by atomic mass is 10.0. The summed E-state index contributed by atoms with van der Waals surface area (Å²) >= 11 is 0. The van der Waals surface area contributed by atoms with E-state index < -0.39 is 23.7 Å². The van der Waals surface area contributed by atoms with Crippen LogP contribution >= 0.6 is 0 Å². The van der Waals surface area contributed by atoms with Gasteiger partial charge in [-0.1, -0.05) is 63.6 Å². The van der Waals surface area contributed by atoms with Crippen molar-refractivity contribution in [2.75, 3.05) is 23.3 Å². The third-order valence-corrected chi connectivity index (χ3v) is 5.97. The SMILES string of the molecule is Cc1ccc(CC(=O)Nc2cc(C3C(C(=O)O)C3(F)F)ccc2N(CC(C)C)CC(C)C)cc1. The van der Waals surface area contributed by atoms with Gasteiger partial charge in [-0.05, 0) is 42.0 Å². The van der Waals surface area contributed by atoms with Gasteiger partial charge in [-0.2, -0.15) is 0 Å². The number of aryl methyl sites for hydroxylation is 1. The number of benzene rings is 2. The number of carboxylic acids is 1. The van der Waals surface area contributed by atoms with Crippen molar-refractivity contribution in [2.45, 2.75) is 52.9 Å². The van der Waals surface area contributed by atoms with Crippen LogP contribution in [0.25, 0.3) is 0 Å². The molecule has 0 saturated heterocycles. The maximum Gasteiger partial charge on any atom is 0.313 e. The lowest BCUT2D eigenvalue weighted by Gasteiger charge is -2.30. The van der Waals surface area contributed by atoms with Gasteiger partial charge in [-0.15, -0.1) is 0 Å². The first-order valence-corrected chi connectivity index (χ1v) is 11.7. The van der Waals surface area contributed by atoms with E-state index >= 15 is 0 Å². The van der Waals surface area contributed by atoms with Gasteiger partial charge >= 0.3 is 5.97 Å². The van der Waals surface area contributed by atoms with Crippen LogP contribution in [0.2, 0.25) is 0 Å². The lowest BCUT2D eigenvalue weighted by Crippen LogP contribution is -2.32. The minimum Gasteiger partial charge on any atom is -0.481 e. The summed E-state index contributed by atoms with van der Waals surface area (Å²) < 4.78 is 28.5. The molecule has 1 fully saturated rings. The highest BCUT2D eigenvalue weighted by Gasteiger charge is 2.72. The van der Waals surface area contributed by atoms with Crippen molar-refractivity contribution < 1.29 is 23.5 Å². The number of amides is 1.